The average Bonchev–Trinajstić information content (AvgIpc) is 3.41. The first-order valence-electron chi connectivity index (χ1n) is 9.63. The maximum atomic E-state index is 12.3. The van der Waals surface area contributed by atoms with Crippen LogP contribution >= 0.6 is 23.1 Å². The van der Waals surface area contributed by atoms with Gasteiger partial charge in [0.1, 0.15) is 0 Å². The molecule has 0 amide bonds. The number of nitrogens with zero attached hydrogens (tertiary/aromatic N) is 6. The molecule has 0 bridgehead atoms. The second-order valence-corrected chi connectivity index (χ2v) is 8.80. The van der Waals surface area contributed by atoms with Gasteiger partial charge in [0.15, 0.2) is 10.1 Å². The third kappa shape index (κ3) is 3.73. The lowest BCUT2D eigenvalue weighted by atomic mass is 10.2. The van der Waals surface area contributed by atoms with Gasteiger partial charge in [0, 0.05) is 36.5 Å². The van der Waals surface area contributed by atoms with Gasteiger partial charge in [-0.3, -0.25) is 13.8 Å². The SMILES string of the molecule is Cc1ccc(-n2c(SCc3cc(=O)n4ccsc4n3)nnc2N2CCOCC2)cc1. The number of hydrogen-bond donors (Lipinski definition) is 0. The van der Waals surface area contributed by atoms with Crippen molar-refractivity contribution in [3.8, 4) is 5.69 Å². The maximum Gasteiger partial charge on any atom is 0.258 e. The quantitative estimate of drug-likeness (QED) is 0.442. The van der Waals surface area contributed by atoms with Crippen LogP contribution in [0.25, 0.3) is 10.6 Å². The largest absolute Gasteiger partial charge is 0.378 e. The van der Waals surface area contributed by atoms with E-state index >= 15 is 0 Å². The molecule has 0 aliphatic carbocycles. The molecular formula is C20H20N6O2S2. The number of benzene rings is 1. The molecule has 1 aliphatic heterocycles. The van der Waals surface area contributed by atoms with Gasteiger partial charge in [-0.1, -0.05) is 29.5 Å². The lowest BCUT2D eigenvalue weighted by Gasteiger charge is -2.28. The van der Waals surface area contributed by atoms with Crippen molar-refractivity contribution in [2.24, 2.45) is 0 Å². The predicted molar refractivity (Wildman–Crippen MR) is 118 cm³/mol. The van der Waals surface area contributed by atoms with Crippen molar-refractivity contribution in [2.45, 2.75) is 17.8 Å². The molecule has 0 saturated carbocycles. The molecule has 1 fully saturated rings. The van der Waals surface area contributed by atoms with Crippen molar-refractivity contribution >= 4 is 34.0 Å². The summed E-state index contributed by atoms with van der Waals surface area (Å²) in [6.07, 6.45) is 1.74. The molecule has 0 radical (unpaired) electrons. The Hall–Kier alpha value is -2.69. The number of fused-ring (bicyclic) bond motifs is 1. The molecular weight excluding hydrogens is 420 g/mol. The Bertz CT molecular complexity index is 1220. The Kier molecular flexibility index (Phi) is 5.28. The van der Waals surface area contributed by atoms with E-state index < -0.39 is 0 Å². The molecule has 4 heterocycles. The van der Waals surface area contributed by atoms with Crippen molar-refractivity contribution in [3.05, 3.63) is 63.5 Å². The summed E-state index contributed by atoms with van der Waals surface area (Å²) in [5.74, 6) is 1.35. The first-order chi connectivity index (χ1) is 14.7. The second kappa shape index (κ2) is 8.21. The summed E-state index contributed by atoms with van der Waals surface area (Å²) in [7, 11) is 0. The third-order valence-corrected chi connectivity index (χ3v) is 6.63. The fraction of sp³-hybridized carbons (Fsp3) is 0.300. The first-order valence-corrected chi connectivity index (χ1v) is 11.5. The van der Waals surface area contributed by atoms with Gasteiger partial charge in [0.05, 0.1) is 24.6 Å². The van der Waals surface area contributed by atoms with E-state index in [2.05, 4.69) is 55.8 Å². The van der Waals surface area contributed by atoms with Crippen molar-refractivity contribution < 1.29 is 4.74 Å². The third-order valence-electron chi connectivity index (χ3n) is 4.91. The first kappa shape index (κ1) is 19.3. The smallest absolute Gasteiger partial charge is 0.258 e. The summed E-state index contributed by atoms with van der Waals surface area (Å²) < 4.78 is 9.13. The highest BCUT2D eigenvalue weighted by Gasteiger charge is 2.22. The van der Waals surface area contributed by atoms with Crippen LogP contribution in [0, 0.1) is 6.92 Å². The normalized spacial score (nSPS) is 14.5. The molecule has 3 aromatic heterocycles. The van der Waals surface area contributed by atoms with Gasteiger partial charge < -0.3 is 9.64 Å². The molecule has 154 valence electrons. The molecule has 1 aromatic carbocycles. The second-order valence-electron chi connectivity index (χ2n) is 6.98. The zero-order valence-electron chi connectivity index (χ0n) is 16.4. The topological polar surface area (TPSA) is 77.5 Å². The number of anilines is 1. The van der Waals surface area contributed by atoms with Crippen LogP contribution < -0.4 is 10.5 Å². The molecule has 0 unspecified atom stereocenters. The number of morpholine rings is 1. The molecule has 30 heavy (non-hydrogen) atoms. The van der Waals surface area contributed by atoms with Crippen molar-refractivity contribution in [1.29, 1.82) is 0 Å². The van der Waals surface area contributed by atoms with E-state index in [4.69, 9.17) is 4.74 Å². The van der Waals surface area contributed by atoms with Gasteiger partial charge in [0.25, 0.3) is 5.56 Å². The molecule has 5 rings (SSSR count). The summed E-state index contributed by atoms with van der Waals surface area (Å²) in [6.45, 7) is 4.99. The van der Waals surface area contributed by atoms with Gasteiger partial charge in [-0.2, -0.15) is 0 Å². The molecule has 0 N–H and O–H groups in total. The van der Waals surface area contributed by atoms with Crippen LogP contribution in [0.1, 0.15) is 11.3 Å². The van der Waals surface area contributed by atoms with Gasteiger partial charge in [0.2, 0.25) is 5.95 Å². The van der Waals surface area contributed by atoms with Crippen molar-refractivity contribution in [2.75, 3.05) is 31.2 Å². The maximum absolute atomic E-state index is 12.3. The number of thiazole rings is 1. The van der Waals surface area contributed by atoms with Gasteiger partial charge in [-0.15, -0.1) is 21.5 Å². The van der Waals surface area contributed by atoms with Gasteiger partial charge in [-0.25, -0.2) is 4.98 Å². The molecule has 10 heteroatoms. The van der Waals surface area contributed by atoms with Crippen molar-refractivity contribution in [3.63, 3.8) is 0 Å². The Labute approximate surface area is 181 Å². The highest BCUT2D eigenvalue weighted by Crippen LogP contribution is 2.29. The lowest BCUT2D eigenvalue weighted by Crippen LogP contribution is -2.37. The highest BCUT2D eigenvalue weighted by atomic mass is 32.2. The summed E-state index contributed by atoms with van der Waals surface area (Å²) >= 11 is 2.98. The highest BCUT2D eigenvalue weighted by molar-refractivity contribution is 7.98. The van der Waals surface area contributed by atoms with E-state index in [0.717, 1.165) is 35.6 Å². The fourth-order valence-electron chi connectivity index (χ4n) is 3.34. The summed E-state index contributed by atoms with van der Waals surface area (Å²) in [6, 6.07) is 9.91. The number of rotatable bonds is 5. The lowest BCUT2D eigenvalue weighted by molar-refractivity contribution is 0.122. The summed E-state index contributed by atoms with van der Waals surface area (Å²) in [5.41, 5.74) is 2.88. The van der Waals surface area contributed by atoms with Gasteiger partial charge >= 0.3 is 0 Å². The standard InChI is InChI=1S/C20H20N6O2S2/c1-14-2-4-16(5-3-14)26-18(24-6-9-28-10-7-24)22-23-20(26)30-13-15-12-17(27)25-8-11-29-19(25)21-15/h2-5,8,11-12H,6-7,9-10,13H2,1H3. The molecule has 1 aliphatic rings. The van der Waals surface area contributed by atoms with Crippen LogP contribution in [0.2, 0.25) is 0 Å². The van der Waals surface area contributed by atoms with Crippen LogP contribution in [-0.2, 0) is 10.5 Å². The Morgan fingerprint density at radius 3 is 2.77 bits per heavy atom. The summed E-state index contributed by atoms with van der Waals surface area (Å²) in [4.78, 5) is 19.8. The van der Waals surface area contributed by atoms with Crippen LogP contribution in [0.3, 0.4) is 0 Å². The number of thioether (sulfide) groups is 1. The fourth-order valence-corrected chi connectivity index (χ4v) is 4.92. The Morgan fingerprint density at radius 2 is 1.97 bits per heavy atom. The zero-order chi connectivity index (χ0) is 20.5. The minimum Gasteiger partial charge on any atom is -0.378 e. The summed E-state index contributed by atoms with van der Waals surface area (Å²) in [5, 5.41) is 11.6. The predicted octanol–water partition coefficient (Wildman–Crippen LogP) is 2.77. The van der Waals surface area contributed by atoms with E-state index in [9.17, 15) is 4.79 Å². The van der Waals surface area contributed by atoms with Crippen LogP contribution in [0.15, 0.2) is 51.9 Å². The zero-order valence-corrected chi connectivity index (χ0v) is 18.0. The molecule has 0 spiro atoms. The number of hydrogen-bond acceptors (Lipinski definition) is 8. The van der Waals surface area contributed by atoms with E-state index in [0.29, 0.717) is 23.9 Å². The van der Waals surface area contributed by atoms with E-state index in [1.165, 1.54) is 28.7 Å². The number of ether oxygens (including phenoxy) is 1. The van der Waals surface area contributed by atoms with Gasteiger partial charge in [-0.05, 0) is 19.1 Å². The minimum atomic E-state index is -0.0640. The monoisotopic (exact) mass is 440 g/mol. The van der Waals surface area contributed by atoms with Crippen LogP contribution in [0.4, 0.5) is 5.95 Å². The van der Waals surface area contributed by atoms with Crippen LogP contribution in [0.5, 0.6) is 0 Å². The van der Waals surface area contributed by atoms with Crippen LogP contribution in [-0.4, -0.2) is 50.5 Å². The number of aryl methyl sites for hydroxylation is 1. The molecule has 0 atom stereocenters. The Morgan fingerprint density at radius 1 is 1.17 bits per heavy atom. The minimum absolute atomic E-state index is 0.0640. The van der Waals surface area contributed by atoms with Crippen molar-refractivity contribution in [1.82, 2.24) is 24.1 Å². The van der Waals surface area contributed by atoms with E-state index in [1.807, 2.05) is 5.38 Å². The van der Waals surface area contributed by atoms with E-state index in [1.54, 1.807) is 16.7 Å². The molecule has 4 aromatic rings. The number of aromatic nitrogens is 5. The average molecular weight is 441 g/mol. The van der Waals surface area contributed by atoms with E-state index in [-0.39, 0.29) is 5.56 Å². The molecule has 1 saturated heterocycles. The Balaban J connectivity index is 1.48. The molecule has 8 nitrogen and oxygen atoms in total.